The number of nitrogens with zero attached hydrogens (tertiary/aromatic N) is 2. The molecule has 1 saturated carbocycles. The van der Waals surface area contributed by atoms with Gasteiger partial charge in [-0.15, -0.1) is 0 Å². The number of rotatable bonds is 3. The Hall–Kier alpha value is -2.43. The van der Waals surface area contributed by atoms with Gasteiger partial charge >= 0.3 is 0 Å². The van der Waals surface area contributed by atoms with Crippen LogP contribution in [0.3, 0.4) is 0 Å². The Balaban J connectivity index is 1.09. The Labute approximate surface area is 188 Å². The van der Waals surface area contributed by atoms with Crippen molar-refractivity contribution in [2.45, 2.75) is 37.6 Å². The van der Waals surface area contributed by atoms with E-state index in [1.165, 1.54) is 71.8 Å². The van der Waals surface area contributed by atoms with E-state index in [1.54, 1.807) is 0 Å². The zero-order chi connectivity index (χ0) is 20.8. The Bertz CT molecular complexity index is 1190. The summed E-state index contributed by atoms with van der Waals surface area (Å²) in [6.45, 7) is 4.56. The second-order valence-electron chi connectivity index (χ2n) is 9.18. The van der Waals surface area contributed by atoms with Gasteiger partial charge in [0, 0.05) is 77.1 Å². The number of H-pyrrole nitrogens is 2. The summed E-state index contributed by atoms with van der Waals surface area (Å²) in [5.41, 5.74) is 5.27. The van der Waals surface area contributed by atoms with E-state index in [4.69, 9.17) is 11.6 Å². The number of fused-ring (bicyclic) bond motifs is 2. The minimum atomic E-state index is 0.649. The highest BCUT2D eigenvalue weighted by Crippen LogP contribution is 2.39. The fourth-order valence-electron chi connectivity index (χ4n) is 5.88. The van der Waals surface area contributed by atoms with E-state index in [9.17, 15) is 0 Å². The molecular formula is C26H29ClN4. The Kier molecular flexibility index (Phi) is 4.92. The first kappa shape index (κ1) is 19.3. The van der Waals surface area contributed by atoms with Crippen LogP contribution in [0.4, 0.5) is 5.69 Å². The SMILES string of the molecule is Clc1ccc2[nH]cc([C@H]3CC[C@H](N4CCN(c5cccc6[nH]ccc56)CC4)CC3)c2c1. The third-order valence-electron chi connectivity index (χ3n) is 7.56. The largest absolute Gasteiger partial charge is 0.368 e. The molecule has 4 aromatic rings. The van der Waals surface area contributed by atoms with Gasteiger partial charge in [-0.2, -0.15) is 0 Å². The number of benzene rings is 2. The highest BCUT2D eigenvalue weighted by Gasteiger charge is 2.30. The molecule has 1 saturated heterocycles. The standard InChI is InChI=1S/C26H29ClN4/c27-19-6-9-25-22(16-19)23(17-29-25)18-4-7-20(8-5-18)30-12-14-31(15-13-30)26-3-1-2-24-21(26)10-11-28-24/h1-3,6,9-11,16-18,20,28-29H,4-5,7-8,12-15H2/t18-,20-. The van der Waals surface area contributed by atoms with Crippen molar-refractivity contribution in [1.82, 2.24) is 14.9 Å². The quantitative estimate of drug-likeness (QED) is 0.407. The van der Waals surface area contributed by atoms with E-state index < -0.39 is 0 Å². The molecule has 5 heteroatoms. The lowest BCUT2D eigenvalue weighted by Crippen LogP contribution is -2.51. The van der Waals surface area contributed by atoms with Crippen LogP contribution in [0, 0.1) is 0 Å². The molecule has 2 aromatic carbocycles. The monoisotopic (exact) mass is 432 g/mol. The van der Waals surface area contributed by atoms with Gasteiger partial charge in [0.2, 0.25) is 0 Å². The number of piperazine rings is 1. The summed E-state index contributed by atoms with van der Waals surface area (Å²) >= 11 is 6.27. The molecule has 2 aromatic heterocycles. The molecule has 4 nitrogen and oxygen atoms in total. The number of aromatic amines is 2. The Morgan fingerprint density at radius 2 is 1.61 bits per heavy atom. The van der Waals surface area contributed by atoms with Gasteiger partial charge in [-0.1, -0.05) is 17.7 Å². The number of aromatic nitrogens is 2. The molecule has 31 heavy (non-hydrogen) atoms. The maximum absolute atomic E-state index is 6.27. The van der Waals surface area contributed by atoms with Gasteiger partial charge in [-0.05, 0) is 73.6 Å². The third-order valence-corrected chi connectivity index (χ3v) is 7.79. The average molecular weight is 433 g/mol. The number of hydrogen-bond acceptors (Lipinski definition) is 2. The summed E-state index contributed by atoms with van der Waals surface area (Å²) in [6, 6.07) is 15.7. The van der Waals surface area contributed by atoms with E-state index in [1.807, 2.05) is 12.3 Å². The topological polar surface area (TPSA) is 38.1 Å². The molecule has 6 rings (SSSR count). The molecule has 160 valence electrons. The van der Waals surface area contributed by atoms with Crippen LogP contribution in [0.25, 0.3) is 21.8 Å². The van der Waals surface area contributed by atoms with Crippen LogP contribution in [-0.4, -0.2) is 47.1 Å². The average Bonchev–Trinajstić information content (AvgIpc) is 3.46. The lowest BCUT2D eigenvalue weighted by atomic mass is 9.81. The number of nitrogens with one attached hydrogen (secondary N) is 2. The summed E-state index contributed by atoms with van der Waals surface area (Å²) < 4.78 is 0. The van der Waals surface area contributed by atoms with Gasteiger partial charge in [-0.25, -0.2) is 0 Å². The molecule has 0 bridgehead atoms. The van der Waals surface area contributed by atoms with Crippen molar-refractivity contribution in [1.29, 1.82) is 0 Å². The van der Waals surface area contributed by atoms with Crippen molar-refractivity contribution in [3.05, 3.63) is 65.4 Å². The maximum Gasteiger partial charge on any atom is 0.0474 e. The fourth-order valence-corrected chi connectivity index (χ4v) is 6.05. The molecule has 0 unspecified atom stereocenters. The van der Waals surface area contributed by atoms with Crippen LogP contribution in [0.2, 0.25) is 5.02 Å². The van der Waals surface area contributed by atoms with Gasteiger partial charge in [0.05, 0.1) is 0 Å². The predicted molar refractivity (Wildman–Crippen MR) is 130 cm³/mol. The molecule has 2 fully saturated rings. The first-order valence-corrected chi connectivity index (χ1v) is 12.0. The summed E-state index contributed by atoms with van der Waals surface area (Å²) in [5, 5.41) is 3.48. The van der Waals surface area contributed by atoms with Crippen molar-refractivity contribution in [3.63, 3.8) is 0 Å². The van der Waals surface area contributed by atoms with Crippen LogP contribution in [0.15, 0.2) is 54.9 Å². The molecule has 1 aliphatic carbocycles. The van der Waals surface area contributed by atoms with Crippen LogP contribution >= 0.6 is 11.6 Å². The fraction of sp³-hybridized carbons (Fsp3) is 0.385. The molecule has 0 amide bonds. The Morgan fingerprint density at radius 1 is 0.806 bits per heavy atom. The van der Waals surface area contributed by atoms with Gasteiger partial charge in [0.1, 0.15) is 0 Å². The summed E-state index contributed by atoms with van der Waals surface area (Å²) in [4.78, 5) is 12.1. The molecular weight excluding hydrogens is 404 g/mol. The third kappa shape index (κ3) is 3.52. The number of halogens is 1. The van der Waals surface area contributed by atoms with Gasteiger partial charge in [-0.3, -0.25) is 4.90 Å². The smallest absolute Gasteiger partial charge is 0.0474 e. The van der Waals surface area contributed by atoms with Crippen molar-refractivity contribution in [2.24, 2.45) is 0 Å². The van der Waals surface area contributed by atoms with E-state index in [-0.39, 0.29) is 0 Å². The molecule has 3 heterocycles. The van der Waals surface area contributed by atoms with Crippen molar-refractivity contribution < 1.29 is 0 Å². The molecule has 0 atom stereocenters. The number of hydrogen-bond donors (Lipinski definition) is 2. The van der Waals surface area contributed by atoms with Crippen LogP contribution in [-0.2, 0) is 0 Å². The Morgan fingerprint density at radius 3 is 2.45 bits per heavy atom. The van der Waals surface area contributed by atoms with Crippen molar-refractivity contribution >= 4 is 39.1 Å². The minimum Gasteiger partial charge on any atom is -0.368 e. The van der Waals surface area contributed by atoms with E-state index in [2.05, 4.69) is 62.4 Å². The summed E-state index contributed by atoms with van der Waals surface area (Å²) in [6.07, 6.45) is 9.40. The normalized spacial score (nSPS) is 23.1. The van der Waals surface area contributed by atoms with Crippen molar-refractivity contribution in [2.75, 3.05) is 31.1 Å². The highest BCUT2D eigenvalue weighted by atomic mass is 35.5. The van der Waals surface area contributed by atoms with Gasteiger partial charge < -0.3 is 14.9 Å². The first-order chi connectivity index (χ1) is 15.3. The lowest BCUT2D eigenvalue weighted by molar-refractivity contribution is 0.141. The zero-order valence-electron chi connectivity index (χ0n) is 17.8. The highest BCUT2D eigenvalue weighted by molar-refractivity contribution is 6.31. The maximum atomic E-state index is 6.27. The zero-order valence-corrected chi connectivity index (χ0v) is 18.5. The molecule has 2 N–H and O–H groups in total. The van der Waals surface area contributed by atoms with Crippen LogP contribution in [0.5, 0.6) is 0 Å². The van der Waals surface area contributed by atoms with Crippen molar-refractivity contribution in [3.8, 4) is 0 Å². The minimum absolute atomic E-state index is 0.649. The first-order valence-electron chi connectivity index (χ1n) is 11.6. The number of anilines is 1. The molecule has 1 aliphatic heterocycles. The summed E-state index contributed by atoms with van der Waals surface area (Å²) in [5.74, 6) is 0.649. The second-order valence-corrected chi connectivity index (χ2v) is 9.61. The van der Waals surface area contributed by atoms with Gasteiger partial charge in [0.25, 0.3) is 0 Å². The molecule has 0 spiro atoms. The van der Waals surface area contributed by atoms with Crippen LogP contribution in [0.1, 0.15) is 37.2 Å². The molecule has 0 radical (unpaired) electrons. The second kappa shape index (κ2) is 7.92. The van der Waals surface area contributed by atoms with E-state index in [0.717, 1.165) is 24.2 Å². The summed E-state index contributed by atoms with van der Waals surface area (Å²) in [7, 11) is 0. The van der Waals surface area contributed by atoms with E-state index in [0.29, 0.717) is 5.92 Å². The molecule has 2 aliphatic rings. The van der Waals surface area contributed by atoms with Crippen LogP contribution < -0.4 is 4.90 Å². The van der Waals surface area contributed by atoms with Gasteiger partial charge in [0.15, 0.2) is 0 Å². The predicted octanol–water partition coefficient (Wildman–Crippen LogP) is 6.15. The lowest BCUT2D eigenvalue weighted by Gasteiger charge is -2.42. The van der Waals surface area contributed by atoms with E-state index >= 15 is 0 Å².